The van der Waals surface area contributed by atoms with Crippen molar-refractivity contribution in [3.05, 3.63) is 42.1 Å². The van der Waals surface area contributed by atoms with Crippen LogP contribution in [0.25, 0.3) is 0 Å². The molecule has 0 spiro atoms. The lowest BCUT2D eigenvalue weighted by Gasteiger charge is -2.13. The molecule has 3 rings (SSSR count). The molecular weight excluding hydrogens is 410 g/mol. The van der Waals surface area contributed by atoms with Crippen LogP contribution in [0.3, 0.4) is 0 Å². The zero-order valence-corrected chi connectivity index (χ0v) is 17.9. The highest BCUT2D eigenvalue weighted by atomic mass is 32.2. The maximum atomic E-state index is 9.04. The SMILES string of the molecule is COCCCSc1cnc(Nc2nc(CCO)ns2)c(Oc2cccnc2C)c1. The third-order valence-electron chi connectivity index (χ3n) is 3.80. The zero-order valence-electron chi connectivity index (χ0n) is 16.3. The number of nitrogens with zero attached hydrogens (tertiary/aromatic N) is 4. The Balaban J connectivity index is 1.81. The number of thioether (sulfide) groups is 1. The summed E-state index contributed by atoms with van der Waals surface area (Å²) in [5.74, 6) is 3.31. The Bertz CT molecular complexity index is 922. The molecule has 0 amide bonds. The Morgan fingerprint density at radius 1 is 1.28 bits per heavy atom. The van der Waals surface area contributed by atoms with E-state index in [9.17, 15) is 0 Å². The van der Waals surface area contributed by atoms with Crippen LogP contribution in [-0.4, -0.2) is 50.5 Å². The van der Waals surface area contributed by atoms with Crippen molar-refractivity contribution in [2.75, 3.05) is 31.4 Å². The van der Waals surface area contributed by atoms with Crippen LogP contribution in [0.15, 0.2) is 35.5 Å². The Hall–Kier alpha value is -2.27. The molecule has 2 N–H and O–H groups in total. The number of nitrogens with one attached hydrogen (secondary N) is 1. The fourth-order valence-corrected chi connectivity index (χ4v) is 3.80. The molecule has 3 aromatic rings. The van der Waals surface area contributed by atoms with Crippen molar-refractivity contribution in [2.24, 2.45) is 0 Å². The van der Waals surface area contributed by atoms with Gasteiger partial charge < -0.3 is 19.9 Å². The summed E-state index contributed by atoms with van der Waals surface area (Å²) in [6.45, 7) is 2.63. The first-order valence-electron chi connectivity index (χ1n) is 9.11. The highest BCUT2D eigenvalue weighted by molar-refractivity contribution is 7.99. The Kier molecular flexibility index (Phi) is 8.17. The van der Waals surface area contributed by atoms with Crippen molar-refractivity contribution in [2.45, 2.75) is 24.7 Å². The molecule has 0 aliphatic rings. The van der Waals surface area contributed by atoms with Crippen molar-refractivity contribution in [1.29, 1.82) is 0 Å². The first-order valence-corrected chi connectivity index (χ1v) is 10.9. The van der Waals surface area contributed by atoms with Crippen LogP contribution in [-0.2, 0) is 11.2 Å². The zero-order chi connectivity index (χ0) is 20.5. The highest BCUT2D eigenvalue weighted by Crippen LogP contribution is 2.34. The van der Waals surface area contributed by atoms with Crippen molar-refractivity contribution in [3.8, 4) is 11.5 Å². The van der Waals surface area contributed by atoms with E-state index in [2.05, 4.69) is 24.6 Å². The number of pyridine rings is 2. The number of hydrogen-bond acceptors (Lipinski definition) is 10. The fourth-order valence-electron chi connectivity index (χ4n) is 2.37. The minimum atomic E-state index is 0.0120. The maximum Gasteiger partial charge on any atom is 0.208 e. The van der Waals surface area contributed by atoms with Gasteiger partial charge in [-0.3, -0.25) is 4.98 Å². The second kappa shape index (κ2) is 11.1. The van der Waals surface area contributed by atoms with Gasteiger partial charge in [0.1, 0.15) is 11.6 Å². The molecule has 0 atom stereocenters. The van der Waals surface area contributed by atoms with E-state index in [0.717, 1.165) is 29.4 Å². The molecule has 0 aromatic carbocycles. The number of hydrogen-bond donors (Lipinski definition) is 2. The predicted octanol–water partition coefficient (Wildman–Crippen LogP) is 3.84. The van der Waals surface area contributed by atoms with Gasteiger partial charge in [-0.25, -0.2) is 9.97 Å². The molecule has 154 valence electrons. The minimum absolute atomic E-state index is 0.0120. The van der Waals surface area contributed by atoms with E-state index in [4.69, 9.17) is 14.6 Å². The predicted molar refractivity (Wildman–Crippen MR) is 114 cm³/mol. The lowest BCUT2D eigenvalue weighted by molar-refractivity contribution is 0.200. The average Bonchev–Trinajstić information content (AvgIpc) is 3.16. The highest BCUT2D eigenvalue weighted by Gasteiger charge is 2.13. The summed E-state index contributed by atoms with van der Waals surface area (Å²) in [7, 11) is 1.70. The molecule has 0 aliphatic carbocycles. The largest absolute Gasteiger partial charge is 0.452 e. The van der Waals surface area contributed by atoms with Gasteiger partial charge >= 0.3 is 0 Å². The van der Waals surface area contributed by atoms with Crippen LogP contribution >= 0.6 is 23.3 Å². The molecule has 0 saturated carbocycles. The number of ether oxygens (including phenoxy) is 2. The molecule has 0 fully saturated rings. The van der Waals surface area contributed by atoms with E-state index in [1.165, 1.54) is 11.5 Å². The topological polar surface area (TPSA) is 102 Å². The van der Waals surface area contributed by atoms with Gasteiger partial charge in [-0.05, 0) is 31.5 Å². The van der Waals surface area contributed by atoms with E-state index in [1.54, 1.807) is 31.3 Å². The number of aromatic nitrogens is 4. The normalized spacial score (nSPS) is 10.9. The Morgan fingerprint density at radius 3 is 2.97 bits per heavy atom. The van der Waals surface area contributed by atoms with Crippen molar-refractivity contribution in [3.63, 3.8) is 0 Å². The second-order valence-electron chi connectivity index (χ2n) is 6.02. The second-order valence-corrected chi connectivity index (χ2v) is 7.94. The summed E-state index contributed by atoms with van der Waals surface area (Å²) in [4.78, 5) is 14.2. The number of aliphatic hydroxyl groups excluding tert-OH is 1. The average molecular weight is 434 g/mol. The van der Waals surface area contributed by atoms with Crippen LogP contribution in [0, 0.1) is 6.92 Å². The molecule has 3 heterocycles. The lowest BCUT2D eigenvalue weighted by Crippen LogP contribution is -2.00. The Labute approximate surface area is 177 Å². The Morgan fingerprint density at radius 2 is 2.17 bits per heavy atom. The summed E-state index contributed by atoms with van der Waals surface area (Å²) in [5.41, 5.74) is 0.790. The molecule has 0 saturated heterocycles. The van der Waals surface area contributed by atoms with Gasteiger partial charge in [-0.2, -0.15) is 4.37 Å². The molecule has 10 heteroatoms. The summed E-state index contributed by atoms with van der Waals surface area (Å²) in [6, 6.07) is 5.65. The fraction of sp³-hybridized carbons (Fsp3) is 0.368. The van der Waals surface area contributed by atoms with Crippen molar-refractivity contribution < 1.29 is 14.6 Å². The first kappa shape index (κ1) is 21.4. The number of aryl methyl sites for hydroxylation is 1. The van der Waals surface area contributed by atoms with Gasteiger partial charge in [0, 0.05) is 54.7 Å². The van der Waals surface area contributed by atoms with Crippen LogP contribution in [0.2, 0.25) is 0 Å². The van der Waals surface area contributed by atoms with E-state index in [0.29, 0.717) is 34.7 Å². The summed E-state index contributed by atoms with van der Waals surface area (Å²) >= 11 is 2.91. The number of rotatable bonds is 11. The van der Waals surface area contributed by atoms with Gasteiger partial charge in [0.25, 0.3) is 0 Å². The number of aliphatic hydroxyl groups is 1. The van der Waals surface area contributed by atoms with Gasteiger partial charge in [0.05, 0.1) is 12.3 Å². The van der Waals surface area contributed by atoms with E-state index in [1.807, 2.05) is 25.1 Å². The molecule has 0 aliphatic heterocycles. The molecule has 29 heavy (non-hydrogen) atoms. The third-order valence-corrected chi connectivity index (χ3v) is 5.51. The molecule has 8 nitrogen and oxygen atoms in total. The summed E-state index contributed by atoms with van der Waals surface area (Å²) < 4.78 is 15.4. The first-order chi connectivity index (χ1) is 14.2. The van der Waals surface area contributed by atoms with Crippen LogP contribution in [0.5, 0.6) is 11.5 Å². The summed E-state index contributed by atoms with van der Waals surface area (Å²) in [5, 5.41) is 12.8. The monoisotopic (exact) mass is 433 g/mol. The summed E-state index contributed by atoms with van der Waals surface area (Å²) in [6.07, 6.45) is 4.91. The number of methoxy groups -OCH3 is 1. The quantitative estimate of drug-likeness (QED) is 0.345. The molecule has 0 radical (unpaired) electrons. The number of anilines is 2. The van der Waals surface area contributed by atoms with Gasteiger partial charge in [0.15, 0.2) is 11.6 Å². The van der Waals surface area contributed by atoms with Crippen LogP contribution in [0.4, 0.5) is 10.9 Å². The molecular formula is C19H23N5O3S2. The third kappa shape index (κ3) is 6.36. The lowest BCUT2D eigenvalue weighted by atomic mass is 10.3. The van der Waals surface area contributed by atoms with E-state index >= 15 is 0 Å². The van der Waals surface area contributed by atoms with E-state index < -0.39 is 0 Å². The van der Waals surface area contributed by atoms with E-state index in [-0.39, 0.29) is 6.61 Å². The minimum Gasteiger partial charge on any atom is -0.452 e. The van der Waals surface area contributed by atoms with Gasteiger partial charge in [0.2, 0.25) is 5.13 Å². The van der Waals surface area contributed by atoms with Gasteiger partial charge in [-0.15, -0.1) is 11.8 Å². The van der Waals surface area contributed by atoms with Crippen LogP contribution < -0.4 is 10.1 Å². The molecule has 3 aromatic heterocycles. The standard InChI is InChI=1S/C19H23N5O3S2/c1-13-15(5-3-7-20-13)27-16-11-14(28-10-4-9-26-2)12-21-18(16)23-19-22-17(6-8-25)24-29-19/h3,5,7,11-12,25H,4,6,8-10H2,1-2H3,(H,21,22,23,24). The molecule has 0 unspecified atom stereocenters. The van der Waals surface area contributed by atoms with Gasteiger partial charge in [-0.1, -0.05) is 0 Å². The smallest absolute Gasteiger partial charge is 0.208 e. The van der Waals surface area contributed by atoms with Crippen LogP contribution in [0.1, 0.15) is 17.9 Å². The molecule has 0 bridgehead atoms. The maximum absolute atomic E-state index is 9.04. The van der Waals surface area contributed by atoms with Crippen molar-refractivity contribution >= 4 is 34.2 Å². The van der Waals surface area contributed by atoms with Crippen molar-refractivity contribution in [1.82, 2.24) is 19.3 Å².